The van der Waals surface area contributed by atoms with Gasteiger partial charge in [0.05, 0.1) is 11.4 Å². The molecule has 0 bridgehead atoms. The molecule has 3 aromatic rings. The van der Waals surface area contributed by atoms with Gasteiger partial charge < -0.3 is 4.57 Å². The van der Waals surface area contributed by atoms with E-state index in [2.05, 4.69) is 9.71 Å². The van der Waals surface area contributed by atoms with Gasteiger partial charge in [0.15, 0.2) is 0 Å². The van der Waals surface area contributed by atoms with E-state index in [1.807, 2.05) is 12.3 Å². The first-order valence-corrected chi connectivity index (χ1v) is 10.00. The van der Waals surface area contributed by atoms with E-state index in [0.717, 1.165) is 16.8 Å². The van der Waals surface area contributed by atoms with E-state index in [0.29, 0.717) is 11.4 Å². The van der Waals surface area contributed by atoms with Gasteiger partial charge in [0, 0.05) is 28.8 Å². The molecule has 0 fully saturated rings. The van der Waals surface area contributed by atoms with Gasteiger partial charge in [-0.05, 0) is 38.1 Å². The Morgan fingerprint density at radius 3 is 2.60 bits per heavy atom. The first-order valence-electron chi connectivity index (χ1n) is 7.26. The summed E-state index contributed by atoms with van der Waals surface area (Å²) in [4.78, 5) is 4.47. The first kappa shape index (κ1) is 17.9. The molecule has 9 heteroatoms. The van der Waals surface area contributed by atoms with Gasteiger partial charge in [0.1, 0.15) is 15.7 Å². The summed E-state index contributed by atoms with van der Waals surface area (Å²) in [5, 5.41) is 2.81. The Hall–Kier alpha value is -1.90. The second-order valence-electron chi connectivity index (χ2n) is 5.56. The van der Waals surface area contributed by atoms with E-state index in [1.165, 1.54) is 23.5 Å². The Labute approximate surface area is 154 Å². The number of anilines is 1. The molecule has 2 heterocycles. The fourth-order valence-corrected chi connectivity index (χ4v) is 4.76. The number of aryl methyl sites for hydroxylation is 1. The lowest BCUT2D eigenvalue weighted by molar-refractivity contribution is 0.597. The molecular formula is C16H15ClFN3O2S2. The minimum absolute atomic E-state index is 0.0761. The Balaban J connectivity index is 2.03. The van der Waals surface area contributed by atoms with Crippen LogP contribution in [0.15, 0.2) is 34.5 Å². The number of nitrogens with zero attached hydrogens (tertiary/aromatic N) is 2. The molecule has 3 rings (SSSR count). The zero-order valence-corrected chi connectivity index (χ0v) is 16.1. The van der Waals surface area contributed by atoms with Crippen LogP contribution in [-0.4, -0.2) is 18.0 Å². The van der Waals surface area contributed by atoms with Gasteiger partial charge in [-0.15, -0.1) is 11.3 Å². The van der Waals surface area contributed by atoms with Gasteiger partial charge in [-0.2, -0.15) is 0 Å². The smallest absolute Gasteiger partial charge is 0.263 e. The Morgan fingerprint density at radius 2 is 2.00 bits per heavy atom. The lowest BCUT2D eigenvalue weighted by Crippen LogP contribution is -2.14. The van der Waals surface area contributed by atoms with E-state index in [4.69, 9.17) is 11.6 Å². The average Bonchev–Trinajstić information content (AvgIpc) is 3.07. The number of thiazole rings is 1. The Morgan fingerprint density at radius 1 is 1.28 bits per heavy atom. The molecule has 0 aliphatic carbocycles. The number of halogens is 2. The third-order valence-corrected chi connectivity index (χ3v) is 6.49. The van der Waals surface area contributed by atoms with Crippen molar-refractivity contribution in [2.24, 2.45) is 7.05 Å². The van der Waals surface area contributed by atoms with E-state index in [-0.39, 0.29) is 15.6 Å². The maximum atomic E-state index is 13.9. The maximum Gasteiger partial charge on any atom is 0.263 e. The number of hydrogen-bond acceptors (Lipinski definition) is 4. The summed E-state index contributed by atoms with van der Waals surface area (Å²) in [6, 6.07) is 5.31. The van der Waals surface area contributed by atoms with Crippen molar-refractivity contribution in [2.45, 2.75) is 18.7 Å². The standard InChI is InChI=1S/C16H15ClFN3O2S2/c1-9-8-24-16(19-9)14-7-15(10(2)21(14)3)25(22,23)20-13-5-4-11(17)6-12(13)18/h4-8,20H,1-3H3. The minimum Gasteiger partial charge on any atom is -0.345 e. The summed E-state index contributed by atoms with van der Waals surface area (Å²) in [6.07, 6.45) is 0. The van der Waals surface area contributed by atoms with Crippen LogP contribution in [-0.2, 0) is 17.1 Å². The van der Waals surface area contributed by atoms with E-state index in [1.54, 1.807) is 24.6 Å². The molecule has 0 spiro atoms. The van der Waals surface area contributed by atoms with Gasteiger partial charge >= 0.3 is 0 Å². The van der Waals surface area contributed by atoms with E-state index < -0.39 is 15.8 Å². The van der Waals surface area contributed by atoms with Crippen molar-refractivity contribution in [3.05, 3.63) is 51.9 Å². The van der Waals surface area contributed by atoms with Gasteiger partial charge in [-0.3, -0.25) is 4.72 Å². The van der Waals surface area contributed by atoms with Gasteiger partial charge in [0.2, 0.25) is 0 Å². The van der Waals surface area contributed by atoms with Gasteiger partial charge in [-0.1, -0.05) is 11.6 Å². The lowest BCUT2D eigenvalue weighted by atomic mass is 10.3. The van der Waals surface area contributed by atoms with Crippen molar-refractivity contribution in [3.8, 4) is 10.7 Å². The second-order valence-corrected chi connectivity index (χ2v) is 8.51. The van der Waals surface area contributed by atoms with Crippen molar-refractivity contribution in [1.29, 1.82) is 0 Å². The van der Waals surface area contributed by atoms with Crippen molar-refractivity contribution in [3.63, 3.8) is 0 Å². The fourth-order valence-electron chi connectivity index (χ4n) is 2.39. The first-order chi connectivity index (χ1) is 11.7. The van der Waals surface area contributed by atoms with E-state index >= 15 is 0 Å². The quantitative estimate of drug-likeness (QED) is 0.708. The van der Waals surface area contributed by atoms with E-state index in [9.17, 15) is 12.8 Å². The Kier molecular flexibility index (Phi) is 4.61. The summed E-state index contributed by atoms with van der Waals surface area (Å²) >= 11 is 7.13. The number of aromatic nitrogens is 2. The van der Waals surface area contributed by atoms with Gasteiger partial charge in [-0.25, -0.2) is 17.8 Å². The van der Waals surface area contributed by atoms with Crippen molar-refractivity contribution in [1.82, 2.24) is 9.55 Å². The molecule has 0 aliphatic rings. The molecule has 132 valence electrons. The zero-order chi connectivity index (χ0) is 18.4. The van der Waals surface area contributed by atoms with Crippen molar-refractivity contribution in [2.75, 3.05) is 4.72 Å². The summed E-state index contributed by atoms with van der Waals surface area (Å²) in [5.41, 5.74) is 1.93. The van der Waals surface area contributed by atoms with Crippen molar-refractivity contribution >= 4 is 38.6 Å². The average molecular weight is 400 g/mol. The molecule has 1 N–H and O–H groups in total. The highest BCUT2D eigenvalue weighted by atomic mass is 35.5. The molecule has 25 heavy (non-hydrogen) atoms. The van der Waals surface area contributed by atoms with Crippen LogP contribution in [0, 0.1) is 19.7 Å². The summed E-state index contributed by atoms with van der Waals surface area (Å²) in [5.74, 6) is -0.736. The highest BCUT2D eigenvalue weighted by Crippen LogP contribution is 2.31. The molecule has 0 atom stereocenters. The topological polar surface area (TPSA) is 64.0 Å². The predicted molar refractivity (Wildman–Crippen MR) is 98.2 cm³/mol. The molecule has 0 aliphatic heterocycles. The van der Waals surface area contributed by atoms with Crippen molar-refractivity contribution < 1.29 is 12.8 Å². The number of hydrogen-bond donors (Lipinski definition) is 1. The van der Waals surface area contributed by atoms with Crippen LogP contribution in [0.25, 0.3) is 10.7 Å². The van der Waals surface area contributed by atoms with Gasteiger partial charge in [0.25, 0.3) is 10.0 Å². The summed E-state index contributed by atoms with van der Waals surface area (Å²) < 4.78 is 43.4. The highest BCUT2D eigenvalue weighted by molar-refractivity contribution is 7.92. The SMILES string of the molecule is Cc1csc(-c2cc(S(=O)(=O)Nc3ccc(Cl)cc3F)c(C)n2C)n1. The maximum absolute atomic E-state index is 13.9. The third kappa shape index (κ3) is 3.42. The van der Waals surface area contributed by atoms with Crippen LogP contribution in [0.2, 0.25) is 5.02 Å². The monoisotopic (exact) mass is 399 g/mol. The fraction of sp³-hybridized carbons (Fsp3) is 0.188. The Bertz CT molecular complexity index is 1060. The van der Waals surface area contributed by atoms with Crippen LogP contribution in [0.5, 0.6) is 0 Å². The van der Waals surface area contributed by atoms with Crippen LogP contribution in [0.1, 0.15) is 11.4 Å². The minimum atomic E-state index is -3.96. The molecule has 0 amide bonds. The van der Waals surface area contributed by atoms with Crippen LogP contribution >= 0.6 is 22.9 Å². The lowest BCUT2D eigenvalue weighted by Gasteiger charge is -2.09. The predicted octanol–water partition coefficient (Wildman–Crippen LogP) is 4.36. The molecule has 5 nitrogen and oxygen atoms in total. The molecule has 0 saturated carbocycles. The molecule has 0 saturated heterocycles. The van der Waals surface area contributed by atoms with Crippen LogP contribution in [0.3, 0.4) is 0 Å². The third-order valence-electron chi connectivity index (χ3n) is 3.79. The number of sulfonamides is 1. The molecule has 1 aromatic carbocycles. The zero-order valence-electron chi connectivity index (χ0n) is 13.7. The molecule has 0 radical (unpaired) electrons. The largest absolute Gasteiger partial charge is 0.345 e. The second kappa shape index (κ2) is 6.44. The number of rotatable bonds is 4. The summed E-state index contributed by atoms with van der Waals surface area (Å²) in [6.45, 7) is 3.56. The normalized spacial score (nSPS) is 11.7. The molecule has 0 unspecified atom stereocenters. The molecular weight excluding hydrogens is 385 g/mol. The van der Waals surface area contributed by atoms with Crippen LogP contribution in [0.4, 0.5) is 10.1 Å². The number of benzene rings is 1. The molecule has 2 aromatic heterocycles. The summed E-state index contributed by atoms with van der Waals surface area (Å²) in [7, 11) is -2.19. The van der Waals surface area contributed by atoms with Crippen LogP contribution < -0.4 is 4.72 Å². The highest BCUT2D eigenvalue weighted by Gasteiger charge is 2.24. The number of nitrogens with one attached hydrogen (secondary N) is 1.